The molecule has 0 radical (unpaired) electrons. The van der Waals surface area contributed by atoms with Crippen LogP contribution in [0.4, 0.5) is 0 Å². The first-order chi connectivity index (χ1) is 20.3. The molecule has 43 heavy (non-hydrogen) atoms. The van der Waals surface area contributed by atoms with E-state index in [9.17, 15) is 24.0 Å². The van der Waals surface area contributed by atoms with Gasteiger partial charge in [-0.15, -0.1) is 18.3 Å². The summed E-state index contributed by atoms with van der Waals surface area (Å²) in [6.45, 7) is 15.0. The zero-order valence-electron chi connectivity index (χ0n) is 26.2. The first-order valence-corrected chi connectivity index (χ1v) is 16.3. The smallest absolute Gasteiger partial charge is 0.246 e. The maximum atomic E-state index is 13.8. The van der Waals surface area contributed by atoms with E-state index in [0.717, 1.165) is 6.42 Å². The third-order valence-electron chi connectivity index (χ3n) is 8.56. The van der Waals surface area contributed by atoms with Gasteiger partial charge in [0.1, 0.15) is 24.2 Å². The normalized spacial score (nSPS) is 29.3. The largest absolute Gasteiger partial charge is 0.369 e. The number of carbonyl (C=O) groups excluding carboxylic acids is 5. The molecule has 3 aliphatic rings. The van der Waals surface area contributed by atoms with Crippen LogP contribution in [0.2, 0.25) is 0 Å². The lowest BCUT2D eigenvalue weighted by Crippen LogP contribution is -2.58. The fourth-order valence-electron chi connectivity index (χ4n) is 5.12. The van der Waals surface area contributed by atoms with Gasteiger partial charge in [-0.25, -0.2) is 0 Å². The second-order valence-corrected chi connectivity index (χ2v) is 13.2. The number of aliphatic imine (C=N–C) groups is 1. The predicted molar refractivity (Wildman–Crippen MR) is 166 cm³/mol. The minimum atomic E-state index is -1.07. The molecule has 3 aliphatic heterocycles. The summed E-state index contributed by atoms with van der Waals surface area (Å²) < 4.78 is 5.89. The molecule has 0 aromatic carbocycles. The summed E-state index contributed by atoms with van der Waals surface area (Å²) in [5.41, 5.74) is -0.751. The minimum absolute atomic E-state index is 0.0229. The molecule has 5 amide bonds. The highest BCUT2D eigenvalue weighted by molar-refractivity contribution is 8.14. The number of hydrogen-bond donors (Lipinski definition) is 4. The number of nitrogens with one attached hydrogen (secondary N) is 4. The molecule has 12 nitrogen and oxygen atoms in total. The monoisotopic (exact) mass is 620 g/mol. The van der Waals surface area contributed by atoms with Crippen LogP contribution in [-0.2, 0) is 28.7 Å². The molecule has 0 aromatic heterocycles. The van der Waals surface area contributed by atoms with E-state index in [-0.39, 0.29) is 36.8 Å². The molecule has 0 saturated carbocycles. The van der Waals surface area contributed by atoms with E-state index >= 15 is 0 Å². The van der Waals surface area contributed by atoms with Gasteiger partial charge in [-0.1, -0.05) is 46.6 Å². The van der Waals surface area contributed by atoms with Crippen LogP contribution in [0.15, 0.2) is 17.6 Å². The molecule has 1 saturated heterocycles. The number of ether oxygens (including phenoxy) is 1. The number of rotatable bonds is 8. The molecule has 240 valence electrons. The first kappa shape index (κ1) is 34.6. The van der Waals surface area contributed by atoms with Crippen LogP contribution in [0, 0.1) is 11.8 Å². The predicted octanol–water partition coefficient (Wildman–Crippen LogP) is 1.15. The van der Waals surface area contributed by atoms with Crippen LogP contribution in [0.5, 0.6) is 0 Å². The third-order valence-corrected chi connectivity index (χ3v) is 9.69. The Labute approximate surface area is 259 Å². The Kier molecular flexibility index (Phi) is 12.2. The second kappa shape index (κ2) is 15.2. The van der Waals surface area contributed by atoms with E-state index in [0.29, 0.717) is 36.6 Å². The zero-order chi connectivity index (χ0) is 31.9. The summed E-state index contributed by atoms with van der Waals surface area (Å²) in [5.74, 6) is -1.99. The molecule has 4 N–H and O–H groups in total. The van der Waals surface area contributed by atoms with Crippen LogP contribution < -0.4 is 21.3 Å². The van der Waals surface area contributed by atoms with Gasteiger partial charge in [0.25, 0.3) is 0 Å². The summed E-state index contributed by atoms with van der Waals surface area (Å²) in [5, 5.41) is 11.9. The lowest BCUT2D eigenvalue weighted by molar-refractivity contribution is -0.143. The van der Waals surface area contributed by atoms with Crippen molar-refractivity contribution in [2.45, 2.75) is 103 Å². The highest BCUT2D eigenvalue weighted by atomic mass is 32.2. The molecule has 0 aliphatic carbocycles. The Bertz CT molecular complexity index is 1110. The standard InChI is InChI=1S/C30H48N6O6S/c1-8-17(4)23-28-33-20(16-43-28)26(39)35-24(18(5)9-2)29(41)36-13-11-12-21(36)27(40)31-14-22(37)32-19(25(38)34-23)15-42-30(6,7)10-3/h10,17-21,23-24H,3,8-9,11-16H2,1-2,4-7H3,(H,31,40)(H,32,37)(H,34,38)(H,35,39). The molecular weight excluding hydrogens is 572 g/mol. The van der Waals surface area contributed by atoms with Crippen molar-refractivity contribution in [2.24, 2.45) is 16.8 Å². The van der Waals surface area contributed by atoms with Gasteiger partial charge in [0.05, 0.1) is 29.8 Å². The lowest BCUT2D eigenvalue weighted by Gasteiger charge is -2.32. The topological polar surface area (TPSA) is 158 Å². The van der Waals surface area contributed by atoms with Crippen molar-refractivity contribution in [3.05, 3.63) is 12.7 Å². The van der Waals surface area contributed by atoms with Crippen molar-refractivity contribution in [1.29, 1.82) is 0 Å². The Morgan fingerprint density at radius 2 is 1.67 bits per heavy atom. The van der Waals surface area contributed by atoms with Gasteiger partial charge in [-0.2, -0.15) is 0 Å². The maximum Gasteiger partial charge on any atom is 0.246 e. The van der Waals surface area contributed by atoms with Crippen LogP contribution in [0.3, 0.4) is 0 Å². The van der Waals surface area contributed by atoms with Crippen molar-refractivity contribution in [1.82, 2.24) is 26.2 Å². The number of fused-ring (bicyclic) bond motifs is 2. The van der Waals surface area contributed by atoms with Gasteiger partial charge in [-0.05, 0) is 38.5 Å². The summed E-state index contributed by atoms with van der Waals surface area (Å²) in [4.78, 5) is 73.2. The average Bonchev–Trinajstić information content (AvgIpc) is 3.68. The molecule has 7 atom stereocenters. The fraction of sp³-hybridized carbons (Fsp3) is 0.733. The van der Waals surface area contributed by atoms with E-state index in [1.807, 2.05) is 27.7 Å². The molecule has 3 rings (SSSR count). The van der Waals surface area contributed by atoms with Crippen LogP contribution in [0.25, 0.3) is 0 Å². The van der Waals surface area contributed by atoms with Crippen molar-refractivity contribution < 1.29 is 28.7 Å². The Morgan fingerprint density at radius 1 is 1.02 bits per heavy atom. The van der Waals surface area contributed by atoms with E-state index in [4.69, 9.17) is 9.73 Å². The molecule has 0 aromatic rings. The van der Waals surface area contributed by atoms with E-state index in [1.165, 1.54) is 16.7 Å². The van der Waals surface area contributed by atoms with Crippen LogP contribution >= 0.6 is 11.8 Å². The Hall–Kier alpha value is -2.93. The van der Waals surface area contributed by atoms with Crippen LogP contribution in [0.1, 0.15) is 67.2 Å². The van der Waals surface area contributed by atoms with Crippen LogP contribution in [-0.4, -0.2) is 101 Å². The zero-order valence-corrected chi connectivity index (χ0v) is 27.1. The minimum Gasteiger partial charge on any atom is -0.369 e. The first-order valence-electron chi connectivity index (χ1n) is 15.3. The van der Waals surface area contributed by atoms with Crippen molar-refractivity contribution in [2.75, 3.05) is 25.4 Å². The Morgan fingerprint density at radius 3 is 2.33 bits per heavy atom. The van der Waals surface area contributed by atoms with E-state index in [2.05, 4.69) is 27.8 Å². The van der Waals surface area contributed by atoms with Gasteiger partial charge in [0.15, 0.2) is 0 Å². The lowest BCUT2D eigenvalue weighted by atomic mass is 9.97. The number of carbonyl (C=O) groups is 5. The van der Waals surface area contributed by atoms with Crippen molar-refractivity contribution in [3.8, 4) is 0 Å². The van der Waals surface area contributed by atoms with E-state index in [1.54, 1.807) is 19.9 Å². The highest BCUT2D eigenvalue weighted by Crippen LogP contribution is 2.27. The number of hydrogen-bond acceptors (Lipinski definition) is 8. The second-order valence-electron chi connectivity index (χ2n) is 12.2. The molecule has 1 fully saturated rings. The summed E-state index contributed by atoms with van der Waals surface area (Å²) >= 11 is 1.40. The van der Waals surface area contributed by atoms with Gasteiger partial charge < -0.3 is 30.9 Å². The molecule has 3 heterocycles. The van der Waals surface area contributed by atoms with Gasteiger partial charge in [0.2, 0.25) is 29.5 Å². The van der Waals surface area contributed by atoms with Gasteiger partial charge in [0, 0.05) is 12.3 Å². The molecule has 0 spiro atoms. The molecule has 2 bridgehead atoms. The van der Waals surface area contributed by atoms with Gasteiger partial charge >= 0.3 is 0 Å². The Balaban J connectivity index is 1.98. The summed E-state index contributed by atoms with van der Waals surface area (Å²) in [7, 11) is 0. The van der Waals surface area contributed by atoms with Crippen molar-refractivity contribution >= 4 is 46.3 Å². The molecular formula is C30H48N6O6S. The molecule has 13 heteroatoms. The number of nitrogens with zero attached hydrogens (tertiary/aromatic N) is 2. The fourth-order valence-corrected chi connectivity index (χ4v) is 6.35. The third kappa shape index (κ3) is 8.81. The molecule has 7 unspecified atom stereocenters. The maximum absolute atomic E-state index is 13.8. The SMILES string of the molecule is C=CC(C)(C)OCC1NC(=O)CNC(=O)C2CCCN2C(=O)C(C(C)CC)NC(=O)C2CSC(=N2)C(C(C)CC)NC1=O. The average molecular weight is 621 g/mol. The summed E-state index contributed by atoms with van der Waals surface area (Å²) in [6, 6.07) is -3.87. The number of amides is 5. The van der Waals surface area contributed by atoms with Crippen molar-refractivity contribution in [3.63, 3.8) is 0 Å². The summed E-state index contributed by atoms with van der Waals surface area (Å²) in [6.07, 6.45) is 4.05. The number of thioether (sulfide) groups is 1. The highest BCUT2D eigenvalue weighted by Gasteiger charge is 2.41. The van der Waals surface area contributed by atoms with Gasteiger partial charge in [-0.3, -0.25) is 29.0 Å². The van der Waals surface area contributed by atoms with E-state index < -0.39 is 53.5 Å². The quantitative estimate of drug-likeness (QED) is 0.297.